The lowest BCUT2D eigenvalue weighted by Gasteiger charge is -2.17. The van der Waals surface area contributed by atoms with Gasteiger partial charge in [0.05, 0.1) is 0 Å². The summed E-state index contributed by atoms with van der Waals surface area (Å²) in [4.78, 5) is 0. The highest BCUT2D eigenvalue weighted by atomic mass is 19.2. The van der Waals surface area contributed by atoms with Gasteiger partial charge in [0.1, 0.15) is 0 Å². The minimum absolute atomic E-state index is 0.532. The van der Waals surface area contributed by atoms with Gasteiger partial charge in [0.15, 0.2) is 0 Å². The Balaban J connectivity index is 2.46. The van der Waals surface area contributed by atoms with Gasteiger partial charge < -0.3 is 0 Å². The van der Waals surface area contributed by atoms with Crippen LogP contribution in [0.5, 0.6) is 0 Å². The second kappa shape index (κ2) is 2.87. The van der Waals surface area contributed by atoms with Crippen LogP contribution in [0.2, 0.25) is 0 Å². The van der Waals surface area contributed by atoms with E-state index in [2.05, 4.69) is 20.8 Å². The molecule has 0 aromatic heterocycles. The zero-order valence-corrected chi connectivity index (χ0v) is 6.97. The first kappa shape index (κ1) is 7.99. The highest BCUT2D eigenvalue weighted by Crippen LogP contribution is 2.28. The molecule has 2 unspecified atom stereocenters. The van der Waals surface area contributed by atoms with Crippen LogP contribution < -0.4 is 0 Å². The molecule has 1 aliphatic heterocycles. The Morgan fingerprint density at radius 2 is 2.00 bits per heavy atom. The molecule has 1 heterocycles. The quantitative estimate of drug-likeness (QED) is 0.511. The Bertz CT molecular complexity index is 114. The van der Waals surface area contributed by atoms with Crippen molar-refractivity contribution in [2.24, 2.45) is 17.8 Å². The molecule has 1 rings (SSSR count). The van der Waals surface area contributed by atoms with Crippen molar-refractivity contribution in [2.75, 3.05) is 13.1 Å². The maximum atomic E-state index is 12.6. The summed E-state index contributed by atoms with van der Waals surface area (Å²) in [6.07, 6.45) is 0. The Kier molecular flexibility index (Phi) is 2.29. The zero-order valence-electron chi connectivity index (χ0n) is 6.97. The fraction of sp³-hybridized carbons (Fsp3) is 1.00. The smallest absolute Gasteiger partial charge is 0.0324 e. The maximum absolute atomic E-state index is 12.6. The van der Waals surface area contributed by atoms with Gasteiger partial charge in [0.25, 0.3) is 0 Å². The van der Waals surface area contributed by atoms with Crippen LogP contribution in [0.25, 0.3) is 0 Å². The summed E-state index contributed by atoms with van der Waals surface area (Å²) in [5.74, 6) is 1.71. The predicted molar refractivity (Wildman–Crippen MR) is 40.2 cm³/mol. The average Bonchev–Trinajstić information content (AvgIpc) is 2.10. The normalized spacial score (nSPS) is 35.7. The van der Waals surface area contributed by atoms with E-state index >= 15 is 0 Å². The molecule has 0 radical (unpaired) electrons. The molecule has 0 aliphatic carbocycles. The van der Waals surface area contributed by atoms with Crippen LogP contribution in [-0.2, 0) is 0 Å². The van der Waals surface area contributed by atoms with Crippen molar-refractivity contribution in [1.82, 2.24) is 5.12 Å². The number of rotatable bonds is 1. The van der Waals surface area contributed by atoms with Crippen molar-refractivity contribution in [1.29, 1.82) is 0 Å². The fourth-order valence-corrected chi connectivity index (χ4v) is 1.80. The molecular formula is C8H16FN. The Morgan fingerprint density at radius 3 is 2.20 bits per heavy atom. The molecule has 2 atom stereocenters. The van der Waals surface area contributed by atoms with Gasteiger partial charge in [-0.15, -0.1) is 9.60 Å². The van der Waals surface area contributed by atoms with E-state index in [1.54, 1.807) is 0 Å². The second-order valence-electron chi connectivity index (χ2n) is 3.71. The van der Waals surface area contributed by atoms with Gasteiger partial charge >= 0.3 is 0 Å². The van der Waals surface area contributed by atoms with Gasteiger partial charge in [-0.3, -0.25) is 0 Å². The Hall–Kier alpha value is -0.110. The number of hydrogen-bond acceptors (Lipinski definition) is 1. The summed E-state index contributed by atoms with van der Waals surface area (Å²) in [5.41, 5.74) is 0. The predicted octanol–water partition coefficient (Wildman–Crippen LogP) is 2.09. The summed E-state index contributed by atoms with van der Waals surface area (Å²) in [5, 5.41) is 0.940. The number of halogens is 1. The van der Waals surface area contributed by atoms with Gasteiger partial charge in [-0.25, -0.2) is 0 Å². The van der Waals surface area contributed by atoms with Crippen LogP contribution in [0.4, 0.5) is 4.48 Å². The highest BCUT2D eigenvalue weighted by Gasteiger charge is 2.31. The lowest BCUT2D eigenvalue weighted by atomic mass is 9.88. The lowest BCUT2D eigenvalue weighted by Crippen LogP contribution is -2.15. The van der Waals surface area contributed by atoms with Crippen LogP contribution in [-0.4, -0.2) is 18.2 Å². The monoisotopic (exact) mass is 145 g/mol. The standard InChI is InChI=1S/C8H16FN/c1-6(2)8-5-10(9)4-7(8)3/h6-8H,4-5H2,1-3H3. The fourth-order valence-electron chi connectivity index (χ4n) is 1.80. The molecule has 10 heavy (non-hydrogen) atoms. The largest absolute Gasteiger partial charge is 0.146 e. The zero-order chi connectivity index (χ0) is 7.72. The molecule has 0 bridgehead atoms. The molecule has 1 nitrogen and oxygen atoms in total. The van der Waals surface area contributed by atoms with Crippen molar-refractivity contribution < 1.29 is 4.48 Å². The minimum atomic E-state index is 0.532. The molecule has 0 spiro atoms. The van der Waals surface area contributed by atoms with Gasteiger partial charge in [0, 0.05) is 13.1 Å². The van der Waals surface area contributed by atoms with E-state index in [-0.39, 0.29) is 0 Å². The first-order valence-electron chi connectivity index (χ1n) is 4.02. The molecule has 0 aromatic rings. The van der Waals surface area contributed by atoms with Crippen molar-refractivity contribution >= 4 is 0 Å². The van der Waals surface area contributed by atoms with E-state index in [4.69, 9.17) is 0 Å². The first-order valence-corrected chi connectivity index (χ1v) is 4.02. The van der Waals surface area contributed by atoms with Crippen molar-refractivity contribution in [3.63, 3.8) is 0 Å². The molecule has 0 aromatic carbocycles. The van der Waals surface area contributed by atoms with Crippen LogP contribution in [0.15, 0.2) is 0 Å². The van der Waals surface area contributed by atoms with E-state index in [0.29, 0.717) is 30.8 Å². The molecule has 0 saturated carbocycles. The minimum Gasteiger partial charge on any atom is -0.146 e. The average molecular weight is 145 g/mol. The molecule has 60 valence electrons. The summed E-state index contributed by atoms with van der Waals surface area (Å²) in [6, 6.07) is 0. The highest BCUT2D eigenvalue weighted by molar-refractivity contribution is 4.79. The Labute approximate surface area is 62.1 Å². The van der Waals surface area contributed by atoms with E-state index in [1.807, 2.05) is 0 Å². The molecule has 1 saturated heterocycles. The van der Waals surface area contributed by atoms with E-state index in [0.717, 1.165) is 5.12 Å². The van der Waals surface area contributed by atoms with E-state index < -0.39 is 0 Å². The molecule has 0 N–H and O–H groups in total. The summed E-state index contributed by atoms with van der Waals surface area (Å²) < 4.78 is 12.6. The van der Waals surface area contributed by atoms with Crippen LogP contribution in [0.3, 0.4) is 0 Å². The Morgan fingerprint density at radius 1 is 1.40 bits per heavy atom. The third kappa shape index (κ3) is 1.48. The van der Waals surface area contributed by atoms with E-state index in [1.165, 1.54) is 0 Å². The van der Waals surface area contributed by atoms with Gasteiger partial charge in [-0.1, -0.05) is 20.8 Å². The van der Waals surface area contributed by atoms with Gasteiger partial charge in [-0.05, 0) is 17.8 Å². The second-order valence-corrected chi connectivity index (χ2v) is 3.71. The van der Waals surface area contributed by atoms with Gasteiger partial charge in [-0.2, -0.15) is 0 Å². The van der Waals surface area contributed by atoms with Crippen LogP contribution >= 0.6 is 0 Å². The summed E-state index contributed by atoms with van der Waals surface area (Å²) in [7, 11) is 0. The maximum Gasteiger partial charge on any atom is 0.0324 e. The van der Waals surface area contributed by atoms with Gasteiger partial charge in [0.2, 0.25) is 0 Å². The third-order valence-electron chi connectivity index (χ3n) is 2.48. The summed E-state index contributed by atoms with van der Waals surface area (Å²) in [6.45, 7) is 7.73. The number of hydrogen-bond donors (Lipinski definition) is 0. The molecule has 2 heteroatoms. The van der Waals surface area contributed by atoms with Crippen molar-refractivity contribution in [2.45, 2.75) is 20.8 Å². The van der Waals surface area contributed by atoms with E-state index in [9.17, 15) is 4.48 Å². The first-order chi connectivity index (χ1) is 4.61. The third-order valence-corrected chi connectivity index (χ3v) is 2.48. The summed E-state index contributed by atoms with van der Waals surface area (Å²) >= 11 is 0. The topological polar surface area (TPSA) is 3.24 Å². The van der Waals surface area contributed by atoms with Crippen molar-refractivity contribution in [3.05, 3.63) is 0 Å². The molecule has 1 fully saturated rings. The SMILES string of the molecule is CC(C)C1CN(F)CC1C. The van der Waals surface area contributed by atoms with Crippen LogP contribution in [0, 0.1) is 17.8 Å². The molecule has 1 aliphatic rings. The number of nitrogens with zero attached hydrogens (tertiary/aromatic N) is 1. The van der Waals surface area contributed by atoms with Crippen molar-refractivity contribution in [3.8, 4) is 0 Å². The molecule has 0 amide bonds. The van der Waals surface area contributed by atoms with Crippen LogP contribution in [0.1, 0.15) is 20.8 Å². The lowest BCUT2D eigenvalue weighted by molar-refractivity contribution is 0.0477. The molecular weight excluding hydrogens is 129 g/mol.